The van der Waals surface area contributed by atoms with Crippen molar-refractivity contribution in [3.8, 4) is 0 Å². The van der Waals surface area contributed by atoms with Crippen LogP contribution in [0.25, 0.3) is 0 Å². The monoisotopic (exact) mass is 344 g/mol. The van der Waals surface area contributed by atoms with Crippen LogP contribution in [0, 0.1) is 13.8 Å². The van der Waals surface area contributed by atoms with Gasteiger partial charge in [0.25, 0.3) is 10.0 Å². The second-order valence-corrected chi connectivity index (χ2v) is 8.04. The SMILES string of the molecule is Cc1nn(C)c(C)c1NS(=O)(=O)c1cccc(S(N)(=O)=O)c1. The molecule has 1 heterocycles. The maximum absolute atomic E-state index is 12.4. The average Bonchev–Trinajstić information content (AvgIpc) is 2.64. The number of rotatable bonds is 4. The van der Waals surface area contributed by atoms with Crippen LogP contribution in [0.1, 0.15) is 11.4 Å². The first-order valence-corrected chi connectivity index (χ1v) is 9.21. The molecule has 0 aliphatic carbocycles. The molecule has 2 aromatic rings. The summed E-state index contributed by atoms with van der Waals surface area (Å²) in [7, 11) is -6.23. The van der Waals surface area contributed by atoms with Crippen LogP contribution >= 0.6 is 0 Å². The second-order valence-electron chi connectivity index (χ2n) is 4.79. The highest BCUT2D eigenvalue weighted by atomic mass is 32.2. The molecular weight excluding hydrogens is 328 g/mol. The Balaban J connectivity index is 2.48. The molecule has 1 aromatic heterocycles. The lowest BCUT2D eigenvalue weighted by Gasteiger charge is -2.09. The van der Waals surface area contributed by atoms with Gasteiger partial charge >= 0.3 is 0 Å². The van der Waals surface area contributed by atoms with E-state index >= 15 is 0 Å². The van der Waals surface area contributed by atoms with Gasteiger partial charge in [-0.15, -0.1) is 0 Å². The van der Waals surface area contributed by atoms with Crippen LogP contribution in [-0.4, -0.2) is 26.6 Å². The van der Waals surface area contributed by atoms with Crippen LogP contribution in [-0.2, 0) is 27.1 Å². The van der Waals surface area contributed by atoms with Crippen molar-refractivity contribution in [2.45, 2.75) is 23.6 Å². The van der Waals surface area contributed by atoms with Crippen LogP contribution in [0.4, 0.5) is 5.69 Å². The summed E-state index contributed by atoms with van der Waals surface area (Å²) in [6, 6.07) is 4.85. The van der Waals surface area contributed by atoms with Crippen LogP contribution in [0.15, 0.2) is 34.1 Å². The Bertz CT molecular complexity index is 930. The fourth-order valence-corrected chi connectivity index (χ4v) is 3.79. The molecule has 0 aliphatic rings. The fraction of sp³-hybridized carbons (Fsp3) is 0.250. The molecule has 1 aromatic carbocycles. The van der Waals surface area contributed by atoms with Crippen LogP contribution in [0.5, 0.6) is 0 Å². The van der Waals surface area contributed by atoms with Gasteiger partial charge in [-0.05, 0) is 32.0 Å². The Labute approximate surface area is 129 Å². The van der Waals surface area contributed by atoms with Gasteiger partial charge in [0.05, 0.1) is 26.9 Å². The Hall–Kier alpha value is -1.91. The number of nitrogens with two attached hydrogens (primary N) is 1. The Kier molecular flexibility index (Phi) is 4.02. The van der Waals surface area contributed by atoms with Gasteiger partial charge in [-0.3, -0.25) is 9.40 Å². The molecule has 0 aliphatic heterocycles. The summed E-state index contributed by atoms with van der Waals surface area (Å²) in [6.07, 6.45) is 0. The minimum atomic E-state index is -3.98. The average molecular weight is 344 g/mol. The molecule has 0 spiro atoms. The van der Waals surface area contributed by atoms with E-state index in [1.54, 1.807) is 25.6 Å². The molecule has 0 radical (unpaired) electrons. The van der Waals surface area contributed by atoms with Crippen molar-refractivity contribution in [2.75, 3.05) is 4.72 Å². The smallest absolute Gasteiger partial charge is 0.262 e. The minimum Gasteiger partial charge on any atom is -0.276 e. The van der Waals surface area contributed by atoms with Crippen LogP contribution < -0.4 is 9.86 Å². The summed E-state index contributed by atoms with van der Waals surface area (Å²) in [5, 5.41) is 9.14. The molecule has 0 atom stereocenters. The van der Waals surface area contributed by atoms with Crippen molar-refractivity contribution < 1.29 is 16.8 Å². The molecule has 2 rings (SSSR count). The van der Waals surface area contributed by atoms with Gasteiger partial charge in [0.15, 0.2) is 0 Å². The topological polar surface area (TPSA) is 124 Å². The third-order valence-corrected chi connectivity index (χ3v) is 5.45. The minimum absolute atomic E-state index is 0.193. The Morgan fingerprint density at radius 2 is 1.73 bits per heavy atom. The van der Waals surface area contributed by atoms with Gasteiger partial charge in [-0.2, -0.15) is 5.10 Å². The second kappa shape index (κ2) is 5.38. The molecule has 10 heteroatoms. The number of nitrogens with zero attached hydrogens (tertiary/aromatic N) is 2. The number of aromatic nitrogens is 2. The highest BCUT2D eigenvalue weighted by Gasteiger charge is 2.21. The number of anilines is 1. The van der Waals surface area contributed by atoms with Gasteiger partial charge in [-0.25, -0.2) is 22.0 Å². The number of primary sulfonamides is 1. The Morgan fingerprint density at radius 1 is 1.14 bits per heavy atom. The van der Waals surface area contributed by atoms with Gasteiger partial charge in [0.2, 0.25) is 10.0 Å². The first-order valence-electron chi connectivity index (χ1n) is 6.18. The van der Waals surface area contributed by atoms with Gasteiger partial charge in [0.1, 0.15) is 0 Å². The summed E-state index contributed by atoms with van der Waals surface area (Å²) in [5.41, 5.74) is 1.53. The summed E-state index contributed by atoms with van der Waals surface area (Å²) in [6.45, 7) is 3.39. The van der Waals surface area contributed by atoms with Gasteiger partial charge in [-0.1, -0.05) is 6.07 Å². The van der Waals surface area contributed by atoms with Gasteiger partial charge in [0, 0.05) is 7.05 Å². The summed E-state index contributed by atoms with van der Waals surface area (Å²) < 4.78 is 51.5. The molecule has 8 nitrogen and oxygen atoms in total. The van der Waals surface area contributed by atoms with Gasteiger partial charge < -0.3 is 0 Å². The third-order valence-electron chi connectivity index (χ3n) is 3.19. The van der Waals surface area contributed by atoms with E-state index in [0.29, 0.717) is 17.1 Å². The van der Waals surface area contributed by atoms with E-state index in [2.05, 4.69) is 9.82 Å². The predicted molar refractivity (Wildman–Crippen MR) is 81.3 cm³/mol. The molecule has 0 bridgehead atoms. The molecule has 22 heavy (non-hydrogen) atoms. The van der Waals surface area contributed by atoms with Crippen molar-refractivity contribution in [3.63, 3.8) is 0 Å². The summed E-state index contributed by atoms with van der Waals surface area (Å²) in [4.78, 5) is -0.461. The lowest BCUT2D eigenvalue weighted by molar-refractivity contribution is 0.597. The highest BCUT2D eigenvalue weighted by Crippen LogP contribution is 2.23. The number of sulfonamides is 2. The molecular formula is C12H16N4O4S2. The zero-order valence-corrected chi connectivity index (χ0v) is 13.9. The van der Waals surface area contributed by atoms with E-state index in [-0.39, 0.29) is 9.79 Å². The van der Waals surface area contributed by atoms with Crippen molar-refractivity contribution in [1.29, 1.82) is 0 Å². The van der Waals surface area contributed by atoms with E-state index in [9.17, 15) is 16.8 Å². The molecule has 0 unspecified atom stereocenters. The first kappa shape index (κ1) is 16.5. The number of aryl methyl sites for hydroxylation is 2. The molecule has 0 saturated heterocycles. The highest BCUT2D eigenvalue weighted by molar-refractivity contribution is 7.93. The van der Waals surface area contributed by atoms with E-state index in [1.807, 2.05) is 0 Å². The summed E-state index contributed by atoms with van der Waals surface area (Å²) in [5.74, 6) is 0. The molecule has 120 valence electrons. The molecule has 3 N–H and O–H groups in total. The maximum atomic E-state index is 12.4. The lowest BCUT2D eigenvalue weighted by Crippen LogP contribution is -2.16. The number of hydrogen-bond donors (Lipinski definition) is 2. The largest absolute Gasteiger partial charge is 0.276 e. The molecule has 0 saturated carbocycles. The van der Waals surface area contributed by atoms with E-state index < -0.39 is 20.0 Å². The summed E-state index contributed by atoms with van der Waals surface area (Å²) >= 11 is 0. The number of hydrogen-bond acceptors (Lipinski definition) is 5. The normalized spacial score (nSPS) is 12.4. The third kappa shape index (κ3) is 3.13. The van der Waals surface area contributed by atoms with Crippen molar-refractivity contribution in [1.82, 2.24) is 9.78 Å². The van der Waals surface area contributed by atoms with Crippen LogP contribution in [0.3, 0.4) is 0 Å². The van der Waals surface area contributed by atoms with E-state index in [0.717, 1.165) is 6.07 Å². The molecule has 0 fully saturated rings. The number of nitrogens with one attached hydrogen (secondary N) is 1. The standard InChI is InChI=1S/C12H16N4O4S2/c1-8-12(9(2)16(3)14-8)15-22(19,20)11-6-4-5-10(7-11)21(13,17)18/h4-7,15H,1-3H3,(H2,13,17,18). The zero-order chi connectivity index (χ0) is 16.7. The lowest BCUT2D eigenvalue weighted by atomic mass is 10.3. The van der Waals surface area contributed by atoms with Crippen molar-refractivity contribution in [2.24, 2.45) is 12.2 Å². The molecule has 0 amide bonds. The quantitative estimate of drug-likeness (QED) is 0.835. The van der Waals surface area contributed by atoms with E-state index in [1.165, 1.54) is 18.2 Å². The van der Waals surface area contributed by atoms with E-state index in [4.69, 9.17) is 5.14 Å². The predicted octanol–water partition coefficient (Wildman–Crippen LogP) is 0.485. The Morgan fingerprint density at radius 3 is 2.23 bits per heavy atom. The van der Waals surface area contributed by atoms with Crippen LogP contribution in [0.2, 0.25) is 0 Å². The fourth-order valence-electron chi connectivity index (χ4n) is 1.93. The number of benzene rings is 1. The van der Waals surface area contributed by atoms with Crippen molar-refractivity contribution in [3.05, 3.63) is 35.7 Å². The maximum Gasteiger partial charge on any atom is 0.262 e. The first-order chi connectivity index (χ1) is 10.0. The van der Waals surface area contributed by atoms with Crippen molar-refractivity contribution >= 4 is 25.7 Å². The zero-order valence-electron chi connectivity index (χ0n) is 12.2.